The van der Waals surface area contributed by atoms with E-state index in [1.807, 2.05) is 19.1 Å². The van der Waals surface area contributed by atoms with Crippen molar-refractivity contribution in [3.63, 3.8) is 0 Å². The number of thioether (sulfide) groups is 1. The first-order chi connectivity index (χ1) is 5.83. The van der Waals surface area contributed by atoms with Crippen molar-refractivity contribution in [2.45, 2.75) is 11.3 Å². The van der Waals surface area contributed by atoms with Crippen molar-refractivity contribution in [1.29, 1.82) is 0 Å². The van der Waals surface area contributed by atoms with Gasteiger partial charge in [0.2, 0.25) is 0 Å². The fourth-order valence-corrected chi connectivity index (χ4v) is 2.14. The molecule has 0 atom stereocenters. The first kappa shape index (κ1) is 9.70. The van der Waals surface area contributed by atoms with E-state index >= 15 is 0 Å². The average Bonchev–Trinajstić information content (AvgIpc) is 2.45. The van der Waals surface area contributed by atoms with E-state index in [1.54, 1.807) is 11.8 Å². The molecule has 0 aliphatic heterocycles. The summed E-state index contributed by atoms with van der Waals surface area (Å²) < 4.78 is 5.10. The SMILES string of the molecule is Cc1nsc(SC/C=C/CN)n1. The summed E-state index contributed by atoms with van der Waals surface area (Å²) in [5, 5.41) is 0. The van der Waals surface area contributed by atoms with Crippen LogP contribution in [0.15, 0.2) is 16.5 Å². The van der Waals surface area contributed by atoms with Crippen molar-refractivity contribution < 1.29 is 0 Å². The maximum atomic E-state index is 5.29. The van der Waals surface area contributed by atoms with E-state index in [1.165, 1.54) is 11.5 Å². The van der Waals surface area contributed by atoms with Gasteiger partial charge in [-0.25, -0.2) is 4.98 Å². The average molecular weight is 201 g/mol. The van der Waals surface area contributed by atoms with Crippen molar-refractivity contribution in [2.24, 2.45) is 5.73 Å². The van der Waals surface area contributed by atoms with Crippen LogP contribution in [0.3, 0.4) is 0 Å². The Morgan fingerprint density at radius 1 is 1.58 bits per heavy atom. The van der Waals surface area contributed by atoms with Gasteiger partial charge in [-0.15, -0.1) is 0 Å². The largest absolute Gasteiger partial charge is 0.327 e. The smallest absolute Gasteiger partial charge is 0.170 e. The molecule has 0 spiro atoms. The first-order valence-electron chi connectivity index (χ1n) is 3.61. The van der Waals surface area contributed by atoms with Gasteiger partial charge in [-0.1, -0.05) is 23.9 Å². The van der Waals surface area contributed by atoms with Gasteiger partial charge in [-0.3, -0.25) is 0 Å². The molecular weight excluding hydrogens is 190 g/mol. The Balaban J connectivity index is 2.28. The second-order valence-electron chi connectivity index (χ2n) is 2.13. The number of nitrogens with zero attached hydrogens (tertiary/aromatic N) is 2. The molecule has 2 N–H and O–H groups in total. The Morgan fingerprint density at radius 2 is 2.42 bits per heavy atom. The van der Waals surface area contributed by atoms with E-state index in [4.69, 9.17) is 5.73 Å². The molecule has 1 aromatic rings. The van der Waals surface area contributed by atoms with Crippen LogP contribution in [-0.4, -0.2) is 21.7 Å². The van der Waals surface area contributed by atoms with E-state index in [2.05, 4.69) is 9.36 Å². The van der Waals surface area contributed by atoms with Crippen molar-refractivity contribution >= 4 is 23.3 Å². The Morgan fingerprint density at radius 3 is 3.00 bits per heavy atom. The molecule has 12 heavy (non-hydrogen) atoms. The summed E-state index contributed by atoms with van der Waals surface area (Å²) in [4.78, 5) is 4.21. The highest BCUT2D eigenvalue weighted by molar-refractivity contribution is 8.01. The van der Waals surface area contributed by atoms with Crippen LogP contribution >= 0.6 is 23.3 Å². The lowest BCUT2D eigenvalue weighted by molar-refractivity contribution is 1.10. The van der Waals surface area contributed by atoms with Gasteiger partial charge in [0.25, 0.3) is 0 Å². The highest BCUT2D eigenvalue weighted by atomic mass is 32.2. The summed E-state index contributed by atoms with van der Waals surface area (Å²) in [6, 6.07) is 0. The number of aromatic nitrogens is 2. The molecule has 0 saturated heterocycles. The normalized spacial score (nSPS) is 11.2. The van der Waals surface area contributed by atoms with Crippen LogP contribution in [0.2, 0.25) is 0 Å². The molecule has 0 amide bonds. The minimum Gasteiger partial charge on any atom is -0.327 e. The first-order valence-corrected chi connectivity index (χ1v) is 5.37. The Bertz CT molecular complexity index is 257. The molecule has 0 aliphatic rings. The van der Waals surface area contributed by atoms with Crippen molar-refractivity contribution in [3.8, 4) is 0 Å². The number of hydrogen-bond donors (Lipinski definition) is 1. The molecule has 0 aromatic carbocycles. The Hall–Kier alpha value is -0.390. The van der Waals surface area contributed by atoms with Gasteiger partial charge < -0.3 is 5.73 Å². The third-order valence-electron chi connectivity index (χ3n) is 1.11. The summed E-state index contributed by atoms with van der Waals surface area (Å²) in [5.41, 5.74) is 5.29. The van der Waals surface area contributed by atoms with E-state index < -0.39 is 0 Å². The van der Waals surface area contributed by atoms with E-state index in [9.17, 15) is 0 Å². The minimum absolute atomic E-state index is 0.607. The van der Waals surface area contributed by atoms with Crippen LogP contribution in [0.1, 0.15) is 5.82 Å². The summed E-state index contributed by atoms with van der Waals surface area (Å²) in [6.07, 6.45) is 3.99. The number of rotatable bonds is 4. The summed E-state index contributed by atoms with van der Waals surface area (Å²) in [7, 11) is 0. The molecule has 5 heteroatoms. The summed E-state index contributed by atoms with van der Waals surface area (Å²) >= 11 is 3.13. The standard InChI is InChI=1S/C7H11N3S2/c1-6-9-7(12-10-6)11-5-3-2-4-8/h2-3H,4-5,8H2,1H3/b3-2+. The molecule has 0 radical (unpaired) electrons. The van der Waals surface area contributed by atoms with Crippen LogP contribution in [0.4, 0.5) is 0 Å². The second kappa shape index (κ2) is 5.29. The predicted molar refractivity (Wildman–Crippen MR) is 53.6 cm³/mol. The van der Waals surface area contributed by atoms with E-state index in [0.29, 0.717) is 6.54 Å². The van der Waals surface area contributed by atoms with Gasteiger partial charge >= 0.3 is 0 Å². The third kappa shape index (κ3) is 3.34. The number of hydrogen-bond acceptors (Lipinski definition) is 5. The van der Waals surface area contributed by atoms with Crippen molar-refractivity contribution in [3.05, 3.63) is 18.0 Å². The highest BCUT2D eigenvalue weighted by Gasteiger charge is 1.97. The summed E-state index contributed by atoms with van der Waals surface area (Å²) in [6.45, 7) is 2.51. The second-order valence-corrected chi connectivity index (χ2v) is 4.14. The van der Waals surface area contributed by atoms with Gasteiger partial charge in [0.15, 0.2) is 4.34 Å². The molecule has 66 valence electrons. The minimum atomic E-state index is 0.607. The zero-order valence-electron chi connectivity index (χ0n) is 6.86. The molecule has 0 fully saturated rings. The molecule has 0 aliphatic carbocycles. The Kier molecular flexibility index (Phi) is 4.27. The van der Waals surface area contributed by atoms with Gasteiger partial charge in [-0.05, 0) is 18.5 Å². The van der Waals surface area contributed by atoms with Crippen molar-refractivity contribution in [1.82, 2.24) is 9.36 Å². The lowest BCUT2D eigenvalue weighted by Gasteiger charge is -1.87. The van der Waals surface area contributed by atoms with Crippen LogP contribution in [0.25, 0.3) is 0 Å². The van der Waals surface area contributed by atoms with Crippen molar-refractivity contribution in [2.75, 3.05) is 12.3 Å². The van der Waals surface area contributed by atoms with Crippen LogP contribution < -0.4 is 5.73 Å². The Labute approximate surface area is 80.3 Å². The molecule has 0 saturated carbocycles. The zero-order valence-corrected chi connectivity index (χ0v) is 8.49. The van der Waals surface area contributed by atoms with Gasteiger partial charge in [0.1, 0.15) is 5.82 Å². The molecule has 0 bridgehead atoms. The van der Waals surface area contributed by atoms with Gasteiger partial charge in [-0.2, -0.15) is 4.37 Å². The van der Waals surface area contributed by atoms with E-state index in [-0.39, 0.29) is 0 Å². The quantitative estimate of drug-likeness (QED) is 0.592. The maximum Gasteiger partial charge on any atom is 0.170 e. The number of aryl methyl sites for hydroxylation is 1. The molecular formula is C7H11N3S2. The van der Waals surface area contributed by atoms with Crippen LogP contribution in [-0.2, 0) is 0 Å². The third-order valence-corrected chi connectivity index (χ3v) is 2.99. The monoisotopic (exact) mass is 201 g/mol. The topological polar surface area (TPSA) is 51.8 Å². The molecule has 1 heterocycles. The van der Waals surface area contributed by atoms with Crippen LogP contribution in [0, 0.1) is 6.92 Å². The predicted octanol–water partition coefficient (Wildman–Crippen LogP) is 1.45. The fourth-order valence-electron chi connectivity index (χ4n) is 0.620. The molecule has 0 unspecified atom stereocenters. The molecule has 1 rings (SSSR count). The van der Waals surface area contributed by atoms with E-state index in [0.717, 1.165) is 15.9 Å². The summed E-state index contributed by atoms with van der Waals surface area (Å²) in [5.74, 6) is 1.77. The maximum absolute atomic E-state index is 5.29. The molecule has 1 aromatic heterocycles. The zero-order chi connectivity index (χ0) is 8.81. The highest BCUT2D eigenvalue weighted by Crippen LogP contribution is 2.19. The van der Waals surface area contributed by atoms with Crippen LogP contribution in [0.5, 0.6) is 0 Å². The van der Waals surface area contributed by atoms with Gasteiger partial charge in [0.05, 0.1) is 0 Å². The lowest BCUT2D eigenvalue weighted by atomic mass is 10.5. The van der Waals surface area contributed by atoms with Gasteiger partial charge in [0, 0.05) is 12.3 Å². The number of nitrogens with two attached hydrogens (primary N) is 1. The lowest BCUT2D eigenvalue weighted by Crippen LogP contribution is -1.92. The molecule has 3 nitrogen and oxygen atoms in total. The fraction of sp³-hybridized carbons (Fsp3) is 0.429.